The molecule has 3 N–H and O–H groups in total. The lowest BCUT2D eigenvalue weighted by Gasteiger charge is -2.06. The summed E-state index contributed by atoms with van der Waals surface area (Å²) in [6.07, 6.45) is 6.98. The normalized spacial score (nSPS) is 11.9. The van der Waals surface area contributed by atoms with Crippen LogP contribution in [-0.2, 0) is 13.1 Å². The Balaban J connectivity index is 2.07. The van der Waals surface area contributed by atoms with E-state index in [1.54, 1.807) is 27.8 Å². The number of oxime groups is 1. The zero-order chi connectivity index (χ0) is 11.4. The molecule has 2 aromatic heterocycles. The molecule has 16 heavy (non-hydrogen) atoms. The molecule has 0 radical (unpaired) electrons. The van der Waals surface area contributed by atoms with Crippen LogP contribution in [0.4, 0.5) is 0 Å². The monoisotopic (exact) mass is 220 g/mol. The van der Waals surface area contributed by atoms with E-state index in [0.717, 1.165) is 0 Å². The van der Waals surface area contributed by atoms with Gasteiger partial charge in [0.2, 0.25) is 5.84 Å². The third-order valence-corrected chi connectivity index (χ3v) is 2.18. The van der Waals surface area contributed by atoms with Crippen LogP contribution in [0.15, 0.2) is 36.0 Å². The van der Waals surface area contributed by atoms with Gasteiger partial charge in [-0.1, -0.05) is 5.16 Å². The van der Waals surface area contributed by atoms with Gasteiger partial charge in [0.05, 0.1) is 6.54 Å². The van der Waals surface area contributed by atoms with Crippen LogP contribution in [0.25, 0.3) is 0 Å². The number of amidine groups is 1. The highest BCUT2D eigenvalue weighted by atomic mass is 16.4. The van der Waals surface area contributed by atoms with Gasteiger partial charge in [0.1, 0.15) is 0 Å². The van der Waals surface area contributed by atoms with Gasteiger partial charge in [-0.05, 0) is 6.07 Å². The summed E-state index contributed by atoms with van der Waals surface area (Å²) in [5.41, 5.74) is 5.48. The first kappa shape index (κ1) is 10.2. The van der Waals surface area contributed by atoms with E-state index < -0.39 is 0 Å². The van der Waals surface area contributed by atoms with E-state index >= 15 is 0 Å². The summed E-state index contributed by atoms with van der Waals surface area (Å²) in [6, 6.07) is 1.86. The van der Waals surface area contributed by atoms with Crippen LogP contribution in [0.1, 0.15) is 5.82 Å². The quantitative estimate of drug-likeness (QED) is 0.325. The second-order valence-electron chi connectivity index (χ2n) is 3.20. The van der Waals surface area contributed by atoms with Crippen molar-refractivity contribution >= 4 is 5.84 Å². The van der Waals surface area contributed by atoms with E-state index in [0.29, 0.717) is 18.9 Å². The minimum Gasteiger partial charge on any atom is -0.409 e. The lowest BCUT2D eigenvalue weighted by Crippen LogP contribution is -2.20. The van der Waals surface area contributed by atoms with Crippen LogP contribution in [0.2, 0.25) is 0 Å². The minimum absolute atomic E-state index is 0.00506. The molecule has 0 spiro atoms. The predicted molar refractivity (Wildman–Crippen MR) is 57.0 cm³/mol. The Morgan fingerprint density at radius 2 is 2.25 bits per heavy atom. The van der Waals surface area contributed by atoms with Crippen molar-refractivity contribution < 1.29 is 5.21 Å². The Hall–Kier alpha value is -2.31. The van der Waals surface area contributed by atoms with Gasteiger partial charge < -0.3 is 15.5 Å². The van der Waals surface area contributed by atoms with Gasteiger partial charge in [0.15, 0.2) is 5.82 Å². The molecule has 0 aliphatic rings. The molecular formula is C9H12N6O. The Morgan fingerprint density at radius 3 is 2.94 bits per heavy atom. The molecule has 0 fully saturated rings. The molecule has 0 bridgehead atoms. The number of nitrogens with two attached hydrogens (primary N) is 1. The summed E-state index contributed by atoms with van der Waals surface area (Å²) >= 11 is 0. The zero-order valence-electron chi connectivity index (χ0n) is 8.56. The van der Waals surface area contributed by atoms with Gasteiger partial charge >= 0.3 is 0 Å². The third-order valence-electron chi connectivity index (χ3n) is 2.18. The Labute approximate surface area is 91.8 Å². The van der Waals surface area contributed by atoms with Gasteiger partial charge in [-0.2, -0.15) is 5.10 Å². The van der Waals surface area contributed by atoms with Crippen LogP contribution in [0.5, 0.6) is 0 Å². The van der Waals surface area contributed by atoms with Gasteiger partial charge in [0.25, 0.3) is 0 Å². The summed E-state index contributed by atoms with van der Waals surface area (Å²) in [5.74, 6) is 0.458. The maximum Gasteiger partial charge on any atom is 0.206 e. The first-order valence-corrected chi connectivity index (χ1v) is 4.77. The maximum atomic E-state index is 8.58. The molecule has 84 valence electrons. The van der Waals surface area contributed by atoms with E-state index in [9.17, 15) is 0 Å². The standard InChI is InChI=1S/C9H12N6O/c10-8(13-16)9-11-3-5-14(9)6-7-15-4-1-2-12-15/h1-5,16H,6-7H2,(H2,10,13). The van der Waals surface area contributed by atoms with Crippen molar-refractivity contribution in [2.75, 3.05) is 0 Å². The summed E-state index contributed by atoms with van der Waals surface area (Å²) in [5, 5.41) is 15.6. The fourth-order valence-corrected chi connectivity index (χ4v) is 1.41. The molecule has 0 aromatic carbocycles. The second-order valence-corrected chi connectivity index (χ2v) is 3.20. The van der Waals surface area contributed by atoms with Crippen LogP contribution < -0.4 is 5.73 Å². The van der Waals surface area contributed by atoms with E-state index in [1.165, 1.54) is 0 Å². The minimum atomic E-state index is 0.00506. The Kier molecular flexibility index (Phi) is 2.86. The van der Waals surface area contributed by atoms with Crippen LogP contribution in [-0.4, -0.2) is 30.4 Å². The molecule has 0 amide bonds. The largest absolute Gasteiger partial charge is 0.409 e. The first-order chi connectivity index (χ1) is 7.81. The molecule has 2 aromatic rings. The highest BCUT2D eigenvalue weighted by Gasteiger charge is 2.07. The number of nitrogens with zero attached hydrogens (tertiary/aromatic N) is 5. The Morgan fingerprint density at radius 1 is 1.38 bits per heavy atom. The van der Waals surface area contributed by atoms with E-state index in [1.807, 2.05) is 12.3 Å². The number of imidazole rings is 1. The molecule has 0 saturated heterocycles. The van der Waals surface area contributed by atoms with Crippen molar-refractivity contribution in [1.29, 1.82) is 0 Å². The molecule has 0 aliphatic heterocycles. The van der Waals surface area contributed by atoms with E-state index in [2.05, 4.69) is 15.2 Å². The summed E-state index contributed by atoms with van der Waals surface area (Å²) in [7, 11) is 0. The number of hydrogen-bond donors (Lipinski definition) is 2. The molecule has 7 heteroatoms. The molecule has 0 saturated carbocycles. The van der Waals surface area contributed by atoms with Crippen LogP contribution in [0, 0.1) is 0 Å². The molecule has 7 nitrogen and oxygen atoms in total. The van der Waals surface area contributed by atoms with Crippen molar-refractivity contribution in [3.8, 4) is 0 Å². The molecule has 0 unspecified atom stereocenters. The highest BCUT2D eigenvalue weighted by molar-refractivity contribution is 5.93. The molecule has 2 rings (SSSR count). The van der Waals surface area contributed by atoms with Crippen LogP contribution in [0.3, 0.4) is 0 Å². The average Bonchev–Trinajstić information content (AvgIpc) is 2.96. The molecule has 2 heterocycles. The summed E-state index contributed by atoms with van der Waals surface area (Å²) < 4.78 is 3.60. The highest BCUT2D eigenvalue weighted by Crippen LogP contribution is 1.98. The topological polar surface area (TPSA) is 94.3 Å². The Bertz CT molecular complexity index is 472. The van der Waals surface area contributed by atoms with Crippen molar-refractivity contribution in [3.63, 3.8) is 0 Å². The van der Waals surface area contributed by atoms with Gasteiger partial charge in [-0.25, -0.2) is 4.98 Å². The SMILES string of the molecule is NC(=NO)c1nccn1CCn1cccn1. The number of aryl methyl sites for hydroxylation is 2. The molecule has 0 aliphatic carbocycles. The fourth-order valence-electron chi connectivity index (χ4n) is 1.41. The number of aromatic nitrogens is 4. The molecule has 0 atom stereocenters. The predicted octanol–water partition coefficient (Wildman–Crippen LogP) is -0.126. The molecular weight excluding hydrogens is 208 g/mol. The van der Waals surface area contributed by atoms with Crippen LogP contribution >= 0.6 is 0 Å². The summed E-state index contributed by atoms with van der Waals surface area (Å²) in [4.78, 5) is 4.00. The van der Waals surface area contributed by atoms with E-state index in [-0.39, 0.29) is 5.84 Å². The van der Waals surface area contributed by atoms with Gasteiger partial charge in [-0.15, -0.1) is 0 Å². The van der Waals surface area contributed by atoms with Crippen molar-refractivity contribution in [2.24, 2.45) is 10.9 Å². The van der Waals surface area contributed by atoms with Crippen molar-refractivity contribution in [1.82, 2.24) is 19.3 Å². The van der Waals surface area contributed by atoms with Gasteiger partial charge in [-0.3, -0.25) is 4.68 Å². The third kappa shape index (κ3) is 2.02. The van der Waals surface area contributed by atoms with E-state index in [4.69, 9.17) is 10.9 Å². The van der Waals surface area contributed by atoms with Crippen molar-refractivity contribution in [2.45, 2.75) is 13.1 Å². The number of hydrogen-bond acceptors (Lipinski definition) is 4. The van der Waals surface area contributed by atoms with Gasteiger partial charge in [0, 0.05) is 31.3 Å². The summed E-state index contributed by atoms with van der Waals surface area (Å²) in [6.45, 7) is 1.36. The second kappa shape index (κ2) is 4.47. The zero-order valence-corrected chi connectivity index (χ0v) is 8.56. The average molecular weight is 220 g/mol. The van der Waals surface area contributed by atoms with Crippen molar-refractivity contribution in [3.05, 3.63) is 36.7 Å². The fraction of sp³-hybridized carbons (Fsp3) is 0.222. The first-order valence-electron chi connectivity index (χ1n) is 4.77. The maximum absolute atomic E-state index is 8.58. The lowest BCUT2D eigenvalue weighted by molar-refractivity contribution is 0.318. The lowest BCUT2D eigenvalue weighted by atomic mass is 10.5. The number of rotatable bonds is 4. The smallest absolute Gasteiger partial charge is 0.206 e.